The highest BCUT2D eigenvalue weighted by molar-refractivity contribution is 5.57. The fourth-order valence-corrected chi connectivity index (χ4v) is 0.958. The zero-order chi connectivity index (χ0) is 8.97. The van der Waals surface area contributed by atoms with E-state index in [1.807, 2.05) is 0 Å². The van der Waals surface area contributed by atoms with Crippen LogP contribution in [0.5, 0.6) is 0 Å². The van der Waals surface area contributed by atoms with E-state index in [9.17, 15) is 4.39 Å². The maximum Gasteiger partial charge on any atom is 0.137 e. The lowest BCUT2D eigenvalue weighted by atomic mass is 10.1. The second-order valence-corrected chi connectivity index (χ2v) is 2.31. The van der Waals surface area contributed by atoms with Gasteiger partial charge in [0.15, 0.2) is 0 Å². The van der Waals surface area contributed by atoms with E-state index in [2.05, 4.69) is 6.58 Å². The minimum absolute atomic E-state index is 0.283. The summed E-state index contributed by atoms with van der Waals surface area (Å²) < 4.78 is 13.3. The first kappa shape index (κ1) is 8.53. The van der Waals surface area contributed by atoms with Crippen molar-refractivity contribution in [2.45, 2.75) is 0 Å². The van der Waals surface area contributed by atoms with Crippen molar-refractivity contribution in [3.05, 3.63) is 47.9 Å². The summed E-state index contributed by atoms with van der Waals surface area (Å²) in [5.74, 6) is -0.283. The first-order valence-corrected chi connectivity index (χ1v) is 3.59. The third-order valence-corrected chi connectivity index (χ3v) is 1.55. The van der Waals surface area contributed by atoms with E-state index in [1.165, 1.54) is 18.4 Å². The van der Waals surface area contributed by atoms with Gasteiger partial charge in [-0.1, -0.05) is 30.9 Å². The monoisotopic (exact) mass is 163 g/mol. The number of halogens is 1. The number of hydrogen-bond donors (Lipinski definition) is 1. The molecule has 0 aliphatic rings. The van der Waals surface area contributed by atoms with Crippen LogP contribution in [0.2, 0.25) is 0 Å². The highest BCUT2D eigenvalue weighted by atomic mass is 19.1. The van der Waals surface area contributed by atoms with E-state index in [-0.39, 0.29) is 5.82 Å². The molecule has 1 aromatic rings. The number of benzene rings is 1. The molecule has 0 aliphatic heterocycles. The summed E-state index contributed by atoms with van der Waals surface area (Å²) in [5, 5.41) is 0. The summed E-state index contributed by atoms with van der Waals surface area (Å²) in [7, 11) is 0. The second kappa shape index (κ2) is 3.72. The van der Waals surface area contributed by atoms with Crippen LogP contribution in [0.25, 0.3) is 12.2 Å². The summed E-state index contributed by atoms with van der Waals surface area (Å²) in [6, 6.07) is 5.08. The lowest BCUT2D eigenvalue weighted by molar-refractivity contribution is 0.622. The highest BCUT2D eigenvalue weighted by Gasteiger charge is 2.00. The van der Waals surface area contributed by atoms with Crippen LogP contribution in [-0.4, -0.2) is 0 Å². The van der Waals surface area contributed by atoms with Crippen LogP contribution in [0.1, 0.15) is 11.1 Å². The largest absolute Gasteiger partial charge is 0.405 e. The predicted octanol–water partition coefficient (Wildman–Crippen LogP) is 2.40. The van der Waals surface area contributed by atoms with Gasteiger partial charge in [0, 0.05) is 11.1 Å². The first-order valence-electron chi connectivity index (χ1n) is 3.59. The van der Waals surface area contributed by atoms with Gasteiger partial charge in [0.1, 0.15) is 5.82 Å². The van der Waals surface area contributed by atoms with Crippen LogP contribution >= 0.6 is 0 Å². The Kier molecular flexibility index (Phi) is 2.64. The predicted molar refractivity (Wildman–Crippen MR) is 49.7 cm³/mol. The van der Waals surface area contributed by atoms with Crippen LogP contribution in [0, 0.1) is 5.82 Å². The Morgan fingerprint density at radius 3 is 2.58 bits per heavy atom. The van der Waals surface area contributed by atoms with Crippen LogP contribution in [0.15, 0.2) is 31.0 Å². The van der Waals surface area contributed by atoms with Crippen LogP contribution in [0.3, 0.4) is 0 Å². The van der Waals surface area contributed by atoms with Gasteiger partial charge < -0.3 is 5.73 Å². The van der Waals surface area contributed by atoms with Crippen molar-refractivity contribution in [1.82, 2.24) is 0 Å². The maximum absolute atomic E-state index is 13.3. The van der Waals surface area contributed by atoms with Gasteiger partial charge in [-0.3, -0.25) is 0 Å². The van der Waals surface area contributed by atoms with Gasteiger partial charge in [-0.15, -0.1) is 0 Å². The van der Waals surface area contributed by atoms with E-state index in [0.717, 1.165) is 0 Å². The summed E-state index contributed by atoms with van der Waals surface area (Å²) in [5.41, 5.74) is 6.12. The lowest BCUT2D eigenvalue weighted by Crippen LogP contribution is -1.87. The molecule has 0 radical (unpaired) electrons. The van der Waals surface area contributed by atoms with Crippen molar-refractivity contribution in [2.24, 2.45) is 5.73 Å². The summed E-state index contributed by atoms with van der Waals surface area (Å²) >= 11 is 0. The molecule has 0 spiro atoms. The van der Waals surface area contributed by atoms with Crippen molar-refractivity contribution >= 4 is 12.2 Å². The maximum atomic E-state index is 13.3. The Labute approximate surface area is 71.0 Å². The third-order valence-electron chi connectivity index (χ3n) is 1.55. The van der Waals surface area contributed by atoms with Crippen molar-refractivity contribution in [3.8, 4) is 0 Å². The standard InChI is InChI=1S/C10H10FN/c1-2-8-4-3-5-9(6-7-12)10(8)11/h2-7H,1,12H2/b7-6+. The normalized spacial score (nSPS) is 10.4. The molecule has 0 atom stereocenters. The molecule has 0 heterocycles. The van der Waals surface area contributed by atoms with E-state index >= 15 is 0 Å². The molecular formula is C10H10FN. The molecule has 0 aromatic heterocycles. The molecule has 0 aliphatic carbocycles. The van der Waals surface area contributed by atoms with Gasteiger partial charge in [0.25, 0.3) is 0 Å². The molecule has 1 nitrogen and oxygen atoms in total. The summed E-state index contributed by atoms with van der Waals surface area (Å²) in [6.45, 7) is 3.50. The van der Waals surface area contributed by atoms with Crippen molar-refractivity contribution < 1.29 is 4.39 Å². The Hall–Kier alpha value is -1.57. The quantitative estimate of drug-likeness (QED) is 0.711. The molecular weight excluding hydrogens is 153 g/mol. The summed E-state index contributed by atoms with van der Waals surface area (Å²) in [6.07, 6.45) is 4.30. The van der Waals surface area contributed by atoms with Crippen molar-refractivity contribution in [2.75, 3.05) is 0 Å². The van der Waals surface area contributed by atoms with Gasteiger partial charge in [-0.2, -0.15) is 0 Å². The molecule has 0 fully saturated rings. The third kappa shape index (κ3) is 1.53. The molecule has 12 heavy (non-hydrogen) atoms. The van der Waals surface area contributed by atoms with Gasteiger partial charge in [0.05, 0.1) is 0 Å². The molecule has 0 unspecified atom stereocenters. The fraction of sp³-hybridized carbons (Fsp3) is 0. The van der Waals surface area contributed by atoms with E-state index in [1.54, 1.807) is 18.2 Å². The lowest BCUT2D eigenvalue weighted by Gasteiger charge is -1.99. The molecule has 1 rings (SSSR count). The Morgan fingerprint density at radius 2 is 2.00 bits per heavy atom. The Morgan fingerprint density at radius 1 is 1.33 bits per heavy atom. The summed E-state index contributed by atoms with van der Waals surface area (Å²) in [4.78, 5) is 0. The average Bonchev–Trinajstić information content (AvgIpc) is 2.09. The molecule has 0 saturated carbocycles. The van der Waals surface area contributed by atoms with Gasteiger partial charge in [0.2, 0.25) is 0 Å². The molecule has 0 saturated heterocycles. The number of hydrogen-bond acceptors (Lipinski definition) is 1. The van der Waals surface area contributed by atoms with Gasteiger partial charge in [-0.05, 0) is 12.3 Å². The smallest absolute Gasteiger partial charge is 0.137 e. The minimum atomic E-state index is -0.283. The van der Waals surface area contributed by atoms with Crippen molar-refractivity contribution in [1.29, 1.82) is 0 Å². The number of nitrogens with two attached hydrogens (primary N) is 1. The van der Waals surface area contributed by atoms with Crippen LogP contribution in [0.4, 0.5) is 4.39 Å². The second-order valence-electron chi connectivity index (χ2n) is 2.31. The van der Waals surface area contributed by atoms with Gasteiger partial charge in [-0.25, -0.2) is 4.39 Å². The molecule has 0 amide bonds. The van der Waals surface area contributed by atoms with Crippen molar-refractivity contribution in [3.63, 3.8) is 0 Å². The molecule has 62 valence electrons. The van der Waals surface area contributed by atoms with E-state index < -0.39 is 0 Å². The average molecular weight is 163 g/mol. The highest BCUT2D eigenvalue weighted by Crippen LogP contribution is 2.14. The molecule has 2 N–H and O–H groups in total. The van der Waals surface area contributed by atoms with Gasteiger partial charge >= 0.3 is 0 Å². The zero-order valence-corrected chi connectivity index (χ0v) is 6.63. The number of rotatable bonds is 2. The molecule has 1 aromatic carbocycles. The van der Waals surface area contributed by atoms with E-state index in [4.69, 9.17) is 5.73 Å². The fourth-order valence-electron chi connectivity index (χ4n) is 0.958. The van der Waals surface area contributed by atoms with E-state index in [0.29, 0.717) is 11.1 Å². The topological polar surface area (TPSA) is 26.0 Å². The molecule has 0 bridgehead atoms. The Bertz CT molecular complexity index is 316. The van der Waals surface area contributed by atoms with Crippen LogP contribution < -0.4 is 5.73 Å². The first-order chi connectivity index (χ1) is 5.79. The SMILES string of the molecule is C=Cc1cccc(/C=C/N)c1F. The Balaban J connectivity index is 3.22. The zero-order valence-electron chi connectivity index (χ0n) is 6.63. The van der Waals surface area contributed by atoms with Crippen LogP contribution in [-0.2, 0) is 0 Å². The molecule has 2 heteroatoms. The minimum Gasteiger partial charge on any atom is -0.405 e.